The van der Waals surface area contributed by atoms with Crippen molar-refractivity contribution < 1.29 is 13.6 Å². The lowest BCUT2D eigenvalue weighted by molar-refractivity contribution is 0.0665. The zero-order valence-corrected chi connectivity index (χ0v) is 19.5. The molecule has 4 nitrogen and oxygen atoms in total. The van der Waals surface area contributed by atoms with Gasteiger partial charge in [0, 0.05) is 18.7 Å². The molecule has 4 rings (SSSR count). The molecule has 3 aromatic rings. The molecule has 170 valence electrons. The topological polar surface area (TPSA) is 37.6 Å². The number of likely N-dealkylation sites (tertiary alicyclic amines) is 1. The Morgan fingerprint density at radius 3 is 2.19 bits per heavy atom. The van der Waals surface area contributed by atoms with E-state index in [1.807, 2.05) is 18.7 Å². The van der Waals surface area contributed by atoms with Crippen LogP contribution in [0.4, 0.5) is 8.78 Å². The van der Waals surface area contributed by atoms with E-state index in [9.17, 15) is 13.6 Å². The summed E-state index contributed by atoms with van der Waals surface area (Å²) in [4.78, 5) is 15.4. The molecule has 6 heteroatoms. The lowest BCUT2D eigenvalue weighted by Crippen LogP contribution is -2.40. The van der Waals surface area contributed by atoms with Gasteiger partial charge in [-0.05, 0) is 61.8 Å². The summed E-state index contributed by atoms with van der Waals surface area (Å²) < 4.78 is 30.9. The second-order valence-corrected chi connectivity index (χ2v) is 9.51. The number of rotatable bonds is 4. The molecule has 0 aliphatic carbocycles. The van der Waals surface area contributed by atoms with Gasteiger partial charge in [-0.1, -0.05) is 33.8 Å². The Labute approximate surface area is 188 Å². The van der Waals surface area contributed by atoms with Crippen molar-refractivity contribution in [1.29, 1.82) is 0 Å². The summed E-state index contributed by atoms with van der Waals surface area (Å²) in [6.45, 7) is 11.7. The van der Waals surface area contributed by atoms with Gasteiger partial charge in [-0.2, -0.15) is 5.10 Å². The zero-order valence-electron chi connectivity index (χ0n) is 19.5. The molecule has 1 saturated heterocycles. The number of halogens is 2. The Morgan fingerprint density at radius 1 is 1.00 bits per heavy atom. The summed E-state index contributed by atoms with van der Waals surface area (Å²) in [6, 6.07) is 7.42. The number of fused-ring (bicyclic) bond motifs is 1. The lowest BCUT2D eigenvalue weighted by Gasteiger charge is -2.34. The summed E-state index contributed by atoms with van der Waals surface area (Å²) >= 11 is 0. The standard InChI is InChI=1S/C26H31F2N3O/c1-15(2)18-11-13-30(14-12-18)26(32)19-9-10-22-23(24-20(27)7-6-8-21(24)28)17(5)29-31(22)25(19)16(3)4/h6-10,15-16,18H,11-14H2,1-5H3. The molecule has 0 unspecified atom stereocenters. The second-order valence-electron chi connectivity index (χ2n) is 9.51. The quantitative estimate of drug-likeness (QED) is 0.484. The third-order valence-corrected chi connectivity index (χ3v) is 6.77. The van der Waals surface area contributed by atoms with Gasteiger partial charge in [0.25, 0.3) is 5.91 Å². The number of hydrogen-bond donors (Lipinski definition) is 0. The number of hydrogen-bond acceptors (Lipinski definition) is 2. The number of carbonyl (C=O) groups is 1. The van der Waals surface area contributed by atoms with Crippen LogP contribution in [0, 0.1) is 30.4 Å². The van der Waals surface area contributed by atoms with Crippen LogP contribution in [-0.4, -0.2) is 33.5 Å². The molecule has 1 aliphatic rings. The molecule has 0 bridgehead atoms. The SMILES string of the molecule is Cc1nn2c(C(C)C)c(C(=O)N3CCC(C(C)C)CC3)ccc2c1-c1c(F)cccc1F. The van der Waals surface area contributed by atoms with Gasteiger partial charge in [-0.15, -0.1) is 0 Å². The number of carbonyl (C=O) groups excluding carboxylic acids is 1. The fraction of sp³-hybridized carbons (Fsp3) is 0.462. The Balaban J connectivity index is 1.80. The second kappa shape index (κ2) is 8.64. The predicted octanol–water partition coefficient (Wildman–Crippen LogP) is 6.22. The number of pyridine rings is 1. The first-order chi connectivity index (χ1) is 15.2. The van der Waals surface area contributed by atoms with Gasteiger partial charge in [0.1, 0.15) is 11.6 Å². The molecule has 0 atom stereocenters. The Hall–Kier alpha value is -2.76. The Morgan fingerprint density at radius 2 is 1.62 bits per heavy atom. The third-order valence-electron chi connectivity index (χ3n) is 6.77. The van der Waals surface area contributed by atoms with Gasteiger partial charge >= 0.3 is 0 Å². The predicted molar refractivity (Wildman–Crippen MR) is 123 cm³/mol. The average Bonchev–Trinajstić information content (AvgIpc) is 3.08. The number of nitrogens with zero attached hydrogens (tertiary/aromatic N) is 3. The van der Waals surface area contributed by atoms with Gasteiger partial charge in [-0.3, -0.25) is 4.79 Å². The minimum Gasteiger partial charge on any atom is -0.339 e. The molecule has 32 heavy (non-hydrogen) atoms. The van der Waals surface area contributed by atoms with E-state index in [0.29, 0.717) is 34.2 Å². The van der Waals surface area contributed by atoms with Crippen LogP contribution in [-0.2, 0) is 0 Å². The fourth-order valence-electron chi connectivity index (χ4n) is 4.97. The highest BCUT2D eigenvalue weighted by atomic mass is 19.1. The van der Waals surface area contributed by atoms with Crippen LogP contribution in [0.3, 0.4) is 0 Å². The number of piperidine rings is 1. The van der Waals surface area contributed by atoms with E-state index in [1.165, 1.54) is 18.2 Å². The molecule has 1 fully saturated rings. The third kappa shape index (κ3) is 3.80. The van der Waals surface area contributed by atoms with E-state index in [2.05, 4.69) is 18.9 Å². The van der Waals surface area contributed by atoms with E-state index in [-0.39, 0.29) is 17.4 Å². The van der Waals surface area contributed by atoms with Gasteiger partial charge in [0.05, 0.1) is 28.0 Å². The van der Waals surface area contributed by atoms with Crippen molar-refractivity contribution in [2.24, 2.45) is 11.8 Å². The number of benzene rings is 1. The van der Waals surface area contributed by atoms with Crippen LogP contribution in [0.25, 0.3) is 16.6 Å². The molecule has 0 saturated carbocycles. The van der Waals surface area contributed by atoms with Gasteiger partial charge in [0.2, 0.25) is 0 Å². The minimum absolute atomic E-state index is 0.00321. The van der Waals surface area contributed by atoms with Crippen LogP contribution in [0.1, 0.15) is 68.2 Å². The van der Waals surface area contributed by atoms with Crippen LogP contribution in [0.5, 0.6) is 0 Å². The largest absolute Gasteiger partial charge is 0.339 e. The van der Waals surface area contributed by atoms with Crippen molar-refractivity contribution >= 4 is 11.4 Å². The maximum absolute atomic E-state index is 14.6. The van der Waals surface area contributed by atoms with Gasteiger partial charge in [0.15, 0.2) is 0 Å². The first-order valence-corrected chi connectivity index (χ1v) is 11.5. The Kier molecular flexibility index (Phi) is 6.06. The first-order valence-electron chi connectivity index (χ1n) is 11.5. The highest BCUT2D eigenvalue weighted by Gasteiger charge is 2.29. The molecule has 2 aromatic heterocycles. The van der Waals surface area contributed by atoms with Gasteiger partial charge in [-0.25, -0.2) is 13.3 Å². The average molecular weight is 440 g/mol. The summed E-state index contributed by atoms with van der Waals surface area (Å²) in [5.74, 6) is 0.0368. The number of amides is 1. The van der Waals surface area contributed by atoms with Crippen molar-refractivity contribution in [3.05, 3.63) is 58.9 Å². The first kappa shape index (κ1) is 22.4. The molecule has 3 heterocycles. The monoisotopic (exact) mass is 439 g/mol. The fourth-order valence-corrected chi connectivity index (χ4v) is 4.97. The highest BCUT2D eigenvalue weighted by molar-refractivity contribution is 5.97. The van der Waals surface area contributed by atoms with E-state index >= 15 is 0 Å². The molecule has 1 aliphatic heterocycles. The normalized spacial score (nSPS) is 15.3. The van der Waals surface area contributed by atoms with Gasteiger partial charge < -0.3 is 4.90 Å². The molecule has 1 aromatic carbocycles. The smallest absolute Gasteiger partial charge is 0.255 e. The van der Waals surface area contributed by atoms with E-state index in [0.717, 1.165) is 31.6 Å². The molecule has 0 spiro atoms. The van der Waals surface area contributed by atoms with E-state index in [4.69, 9.17) is 0 Å². The van der Waals surface area contributed by atoms with Crippen LogP contribution in [0.15, 0.2) is 30.3 Å². The molecular weight excluding hydrogens is 408 g/mol. The number of aromatic nitrogens is 2. The van der Waals surface area contributed by atoms with Crippen molar-refractivity contribution in [2.75, 3.05) is 13.1 Å². The maximum Gasteiger partial charge on any atom is 0.255 e. The van der Waals surface area contributed by atoms with Crippen molar-refractivity contribution in [3.63, 3.8) is 0 Å². The van der Waals surface area contributed by atoms with E-state index < -0.39 is 11.6 Å². The summed E-state index contributed by atoms with van der Waals surface area (Å²) in [6.07, 6.45) is 2.03. The van der Waals surface area contributed by atoms with Crippen LogP contribution in [0.2, 0.25) is 0 Å². The summed E-state index contributed by atoms with van der Waals surface area (Å²) in [5, 5.41) is 4.63. The summed E-state index contributed by atoms with van der Waals surface area (Å²) in [5.41, 5.74) is 2.86. The molecule has 1 amide bonds. The highest BCUT2D eigenvalue weighted by Crippen LogP contribution is 2.35. The van der Waals surface area contributed by atoms with Crippen LogP contribution < -0.4 is 0 Å². The van der Waals surface area contributed by atoms with Crippen molar-refractivity contribution in [2.45, 2.75) is 53.4 Å². The molecule has 0 radical (unpaired) electrons. The van der Waals surface area contributed by atoms with Crippen LogP contribution >= 0.6 is 0 Å². The zero-order chi connectivity index (χ0) is 23.2. The summed E-state index contributed by atoms with van der Waals surface area (Å²) in [7, 11) is 0. The molecular formula is C26H31F2N3O. The minimum atomic E-state index is -0.623. The number of aryl methyl sites for hydroxylation is 1. The van der Waals surface area contributed by atoms with Crippen molar-refractivity contribution in [1.82, 2.24) is 14.5 Å². The molecule has 0 N–H and O–H groups in total. The Bertz CT molecular complexity index is 1140. The lowest BCUT2D eigenvalue weighted by atomic mass is 9.86. The maximum atomic E-state index is 14.6. The van der Waals surface area contributed by atoms with E-state index in [1.54, 1.807) is 23.6 Å². The van der Waals surface area contributed by atoms with Crippen molar-refractivity contribution in [3.8, 4) is 11.1 Å².